The van der Waals surface area contributed by atoms with E-state index in [1.807, 2.05) is 12.1 Å². The van der Waals surface area contributed by atoms with E-state index < -0.39 is 0 Å². The summed E-state index contributed by atoms with van der Waals surface area (Å²) < 4.78 is 2.47. The third-order valence-electron chi connectivity index (χ3n) is 8.30. The molecule has 43 heavy (non-hydrogen) atoms. The number of fused-ring (bicyclic) bond motifs is 8. The Bertz CT molecular complexity index is 2500. The Hall–Kier alpha value is -5.45. The van der Waals surface area contributed by atoms with E-state index in [0.717, 1.165) is 49.5 Å². The number of aromatic nitrogens is 3. The second-order valence-electron chi connectivity index (χ2n) is 10.8. The van der Waals surface area contributed by atoms with Crippen molar-refractivity contribution in [3.05, 3.63) is 140 Å². The Balaban J connectivity index is 1.31. The minimum atomic E-state index is 0.636. The number of rotatable bonds is 3. The summed E-state index contributed by atoms with van der Waals surface area (Å²) in [4.78, 5) is 15.7. The Morgan fingerprint density at radius 2 is 1.00 bits per heavy atom. The van der Waals surface area contributed by atoms with Crippen LogP contribution in [0.1, 0.15) is 0 Å². The van der Waals surface area contributed by atoms with Crippen molar-refractivity contribution in [2.75, 3.05) is 0 Å². The Kier molecular flexibility index (Phi) is 5.37. The smallest absolute Gasteiger partial charge is 0.179 e. The summed E-state index contributed by atoms with van der Waals surface area (Å²) in [6.45, 7) is 0. The van der Waals surface area contributed by atoms with Gasteiger partial charge in [0, 0.05) is 37.2 Å². The quantitative estimate of drug-likeness (QED) is 0.200. The predicted molar refractivity (Wildman–Crippen MR) is 182 cm³/mol. The van der Waals surface area contributed by atoms with E-state index in [1.54, 1.807) is 11.3 Å². The van der Waals surface area contributed by atoms with Crippen LogP contribution < -0.4 is 0 Å². The van der Waals surface area contributed by atoms with Gasteiger partial charge in [0.15, 0.2) is 5.82 Å². The molecule has 0 unspecified atom stereocenters. The van der Waals surface area contributed by atoms with E-state index >= 15 is 0 Å². The van der Waals surface area contributed by atoms with Crippen molar-refractivity contribution in [1.29, 1.82) is 0 Å². The monoisotopic (exact) mass is 565 g/mol. The number of hydrogen-bond donors (Lipinski definition) is 0. The van der Waals surface area contributed by atoms with Crippen molar-refractivity contribution in [3.8, 4) is 33.9 Å². The lowest BCUT2D eigenvalue weighted by molar-refractivity contribution is 1.20. The zero-order valence-electron chi connectivity index (χ0n) is 23.0. The predicted octanol–water partition coefficient (Wildman–Crippen LogP) is 10.7. The highest BCUT2D eigenvalue weighted by atomic mass is 32.1. The molecule has 0 fully saturated rings. The fourth-order valence-electron chi connectivity index (χ4n) is 6.22. The lowest BCUT2D eigenvalue weighted by Gasteiger charge is -2.13. The van der Waals surface area contributed by atoms with Gasteiger partial charge in [-0.25, -0.2) is 15.0 Å². The summed E-state index contributed by atoms with van der Waals surface area (Å²) >= 11 is 1.80. The van der Waals surface area contributed by atoms with E-state index in [9.17, 15) is 0 Å². The molecule has 0 saturated heterocycles. The standard InChI is InChI=1S/C39H23N3S/c1-2-10-24(11-3-1)25-18-20-26(21-19-25)35-32-15-6-8-16-33(32)40-39(42-35)37-29-14-5-4-12-27(29)30-22-23-31-28-13-7-9-17-34(28)43-38(31)36(30)41-37/h1-23H. The van der Waals surface area contributed by atoms with Crippen LogP contribution in [0.15, 0.2) is 140 Å². The van der Waals surface area contributed by atoms with E-state index in [0.29, 0.717) is 5.82 Å². The van der Waals surface area contributed by atoms with Crippen LogP contribution in [0.25, 0.3) is 86.7 Å². The summed E-state index contributed by atoms with van der Waals surface area (Å²) in [7, 11) is 0. The first-order valence-electron chi connectivity index (χ1n) is 14.4. The van der Waals surface area contributed by atoms with Crippen LogP contribution in [-0.4, -0.2) is 15.0 Å². The molecule has 0 aliphatic carbocycles. The lowest BCUT2D eigenvalue weighted by Crippen LogP contribution is -1.98. The van der Waals surface area contributed by atoms with Crippen molar-refractivity contribution in [3.63, 3.8) is 0 Å². The first-order chi connectivity index (χ1) is 21.3. The number of para-hydroxylation sites is 1. The van der Waals surface area contributed by atoms with Crippen LogP contribution in [0.4, 0.5) is 0 Å². The fourth-order valence-corrected chi connectivity index (χ4v) is 7.42. The van der Waals surface area contributed by atoms with Gasteiger partial charge in [0.2, 0.25) is 0 Å². The molecule has 0 saturated carbocycles. The Labute approximate surface area is 251 Å². The molecule has 200 valence electrons. The van der Waals surface area contributed by atoms with Gasteiger partial charge in [-0.15, -0.1) is 11.3 Å². The molecule has 0 N–H and O–H groups in total. The highest BCUT2D eigenvalue weighted by Gasteiger charge is 2.18. The van der Waals surface area contributed by atoms with Gasteiger partial charge in [0.1, 0.15) is 5.69 Å². The molecule has 9 rings (SSSR count). The zero-order valence-corrected chi connectivity index (χ0v) is 23.8. The van der Waals surface area contributed by atoms with Crippen molar-refractivity contribution < 1.29 is 0 Å². The topological polar surface area (TPSA) is 38.7 Å². The number of nitrogens with zero attached hydrogens (tertiary/aromatic N) is 3. The van der Waals surface area contributed by atoms with Crippen LogP contribution in [-0.2, 0) is 0 Å². The molecule has 4 heteroatoms. The molecule has 0 atom stereocenters. The van der Waals surface area contributed by atoms with Crippen molar-refractivity contribution in [2.24, 2.45) is 0 Å². The zero-order chi connectivity index (χ0) is 28.3. The van der Waals surface area contributed by atoms with Gasteiger partial charge >= 0.3 is 0 Å². The fraction of sp³-hybridized carbons (Fsp3) is 0. The maximum absolute atomic E-state index is 5.38. The minimum Gasteiger partial charge on any atom is -0.242 e. The van der Waals surface area contributed by atoms with Gasteiger partial charge in [-0.05, 0) is 28.6 Å². The lowest BCUT2D eigenvalue weighted by atomic mass is 10.00. The van der Waals surface area contributed by atoms with E-state index in [-0.39, 0.29) is 0 Å². The van der Waals surface area contributed by atoms with Crippen LogP contribution in [0.3, 0.4) is 0 Å². The van der Waals surface area contributed by atoms with Gasteiger partial charge < -0.3 is 0 Å². The van der Waals surface area contributed by atoms with Crippen molar-refractivity contribution in [2.45, 2.75) is 0 Å². The summed E-state index contributed by atoms with van der Waals surface area (Å²) in [5, 5.41) is 6.89. The number of thiophene rings is 1. The van der Waals surface area contributed by atoms with Crippen LogP contribution >= 0.6 is 11.3 Å². The van der Waals surface area contributed by atoms with Crippen molar-refractivity contribution in [1.82, 2.24) is 15.0 Å². The molecule has 0 aliphatic heterocycles. The average molecular weight is 566 g/mol. The molecular formula is C39H23N3S. The first-order valence-corrected chi connectivity index (χ1v) is 15.2. The Morgan fingerprint density at radius 1 is 0.372 bits per heavy atom. The first kappa shape index (κ1) is 24.2. The van der Waals surface area contributed by atoms with Gasteiger partial charge in [0.25, 0.3) is 0 Å². The average Bonchev–Trinajstić information content (AvgIpc) is 3.47. The molecule has 3 heterocycles. The molecule has 0 amide bonds. The summed E-state index contributed by atoms with van der Waals surface area (Å²) in [6, 6.07) is 48.9. The molecule has 0 radical (unpaired) electrons. The van der Waals surface area contributed by atoms with Gasteiger partial charge in [-0.2, -0.15) is 0 Å². The second-order valence-corrected chi connectivity index (χ2v) is 11.9. The third kappa shape index (κ3) is 3.84. The van der Waals surface area contributed by atoms with Crippen LogP contribution in [0.2, 0.25) is 0 Å². The summed E-state index contributed by atoms with van der Waals surface area (Å²) in [6.07, 6.45) is 0. The van der Waals surface area contributed by atoms with Crippen LogP contribution in [0.5, 0.6) is 0 Å². The second kappa shape index (κ2) is 9.55. The normalized spacial score (nSPS) is 11.7. The van der Waals surface area contributed by atoms with E-state index in [1.165, 1.54) is 31.3 Å². The number of pyridine rings is 1. The molecule has 0 aliphatic rings. The molecule has 0 spiro atoms. The maximum atomic E-state index is 5.38. The highest BCUT2D eigenvalue weighted by molar-refractivity contribution is 7.26. The summed E-state index contributed by atoms with van der Waals surface area (Å²) in [5.41, 5.74) is 7.04. The van der Waals surface area contributed by atoms with Gasteiger partial charge in [-0.3, -0.25) is 0 Å². The molecule has 3 nitrogen and oxygen atoms in total. The number of benzene rings is 6. The molecule has 3 aromatic heterocycles. The SMILES string of the molecule is c1ccc(-c2ccc(-c3nc(-c4nc5c(ccc6c7ccccc7sc65)c5ccccc45)nc4ccccc34)cc2)cc1. The molecule has 6 aromatic carbocycles. The van der Waals surface area contributed by atoms with Crippen LogP contribution in [0, 0.1) is 0 Å². The maximum Gasteiger partial charge on any atom is 0.179 e. The molecule has 0 bridgehead atoms. The van der Waals surface area contributed by atoms with E-state index in [4.69, 9.17) is 15.0 Å². The van der Waals surface area contributed by atoms with Gasteiger partial charge in [-0.1, -0.05) is 127 Å². The summed E-state index contributed by atoms with van der Waals surface area (Å²) in [5.74, 6) is 0.636. The number of hydrogen-bond acceptors (Lipinski definition) is 4. The van der Waals surface area contributed by atoms with Gasteiger partial charge in [0.05, 0.1) is 21.4 Å². The Morgan fingerprint density at radius 3 is 1.84 bits per heavy atom. The molecular weight excluding hydrogens is 543 g/mol. The van der Waals surface area contributed by atoms with E-state index in [2.05, 4.69) is 127 Å². The minimum absolute atomic E-state index is 0.636. The van der Waals surface area contributed by atoms with Crippen molar-refractivity contribution >= 4 is 64.1 Å². The molecule has 9 aromatic rings. The largest absolute Gasteiger partial charge is 0.242 e. The highest BCUT2D eigenvalue weighted by Crippen LogP contribution is 2.41. The third-order valence-corrected chi connectivity index (χ3v) is 9.49.